The van der Waals surface area contributed by atoms with Crippen molar-refractivity contribution in [1.29, 1.82) is 0 Å². The normalized spacial score (nSPS) is 16.4. The third-order valence-electron chi connectivity index (χ3n) is 3.75. The van der Waals surface area contributed by atoms with E-state index in [1.807, 2.05) is 27.8 Å². The number of nitrogens with one attached hydrogen (secondary N) is 1. The Morgan fingerprint density at radius 3 is 2.73 bits per heavy atom. The van der Waals surface area contributed by atoms with Crippen LogP contribution in [0, 0.1) is 5.92 Å². The molecule has 1 aromatic heterocycles. The van der Waals surface area contributed by atoms with E-state index in [4.69, 9.17) is 0 Å². The summed E-state index contributed by atoms with van der Waals surface area (Å²) in [5, 5.41) is 7.01. The lowest BCUT2D eigenvalue weighted by Crippen LogP contribution is -2.46. The van der Waals surface area contributed by atoms with Crippen molar-refractivity contribution in [2.75, 3.05) is 13.1 Å². The Kier molecular flexibility index (Phi) is 6.19. The Labute approximate surface area is 136 Å². The van der Waals surface area contributed by atoms with Crippen LogP contribution in [0.3, 0.4) is 0 Å². The van der Waals surface area contributed by atoms with E-state index in [2.05, 4.69) is 19.2 Å². The second kappa shape index (κ2) is 8.13. The molecule has 1 saturated heterocycles. The molecule has 2 heterocycles. The van der Waals surface area contributed by atoms with Gasteiger partial charge in [-0.3, -0.25) is 9.59 Å². The molecule has 2 amide bonds. The zero-order valence-electron chi connectivity index (χ0n) is 13.2. The van der Waals surface area contributed by atoms with Crippen LogP contribution in [-0.2, 0) is 9.59 Å². The molecule has 1 aromatic rings. The SMILES string of the molecule is CC(C)CC(=O)N1CCC(NC(=O)C=Cc2ccsc2)CC1. The molecule has 0 bridgehead atoms. The molecule has 0 unspecified atom stereocenters. The number of rotatable bonds is 5. The molecule has 1 N–H and O–H groups in total. The lowest BCUT2D eigenvalue weighted by molar-refractivity contribution is -0.133. The van der Waals surface area contributed by atoms with E-state index in [0.29, 0.717) is 12.3 Å². The molecule has 1 aliphatic rings. The van der Waals surface area contributed by atoms with Crippen LogP contribution in [0.2, 0.25) is 0 Å². The quantitative estimate of drug-likeness (QED) is 0.848. The fourth-order valence-corrected chi connectivity index (χ4v) is 3.17. The molecule has 0 aliphatic carbocycles. The molecule has 1 fully saturated rings. The van der Waals surface area contributed by atoms with Gasteiger partial charge in [-0.2, -0.15) is 11.3 Å². The van der Waals surface area contributed by atoms with Crippen molar-refractivity contribution in [3.8, 4) is 0 Å². The fraction of sp³-hybridized carbons (Fsp3) is 0.529. The first-order chi connectivity index (χ1) is 10.5. The zero-order chi connectivity index (χ0) is 15.9. The van der Waals surface area contributed by atoms with Crippen molar-refractivity contribution >= 4 is 29.2 Å². The van der Waals surface area contributed by atoms with Gasteiger partial charge in [-0.15, -0.1) is 0 Å². The fourth-order valence-electron chi connectivity index (χ4n) is 2.54. The highest BCUT2D eigenvalue weighted by Gasteiger charge is 2.23. The summed E-state index contributed by atoms with van der Waals surface area (Å²) in [5.74, 6) is 0.572. The standard InChI is InChI=1S/C17H24N2O2S/c1-13(2)11-17(21)19-8-5-15(6-9-19)18-16(20)4-3-14-7-10-22-12-14/h3-4,7,10,12-13,15H,5-6,8-9,11H2,1-2H3,(H,18,20). The summed E-state index contributed by atoms with van der Waals surface area (Å²) in [4.78, 5) is 25.8. The average Bonchev–Trinajstić information content (AvgIpc) is 2.98. The van der Waals surface area contributed by atoms with Gasteiger partial charge in [-0.05, 0) is 47.2 Å². The van der Waals surface area contributed by atoms with Crippen LogP contribution in [-0.4, -0.2) is 35.8 Å². The minimum Gasteiger partial charge on any atom is -0.350 e. The smallest absolute Gasteiger partial charge is 0.244 e. The van der Waals surface area contributed by atoms with Crippen LogP contribution in [0.5, 0.6) is 0 Å². The molecule has 2 rings (SSSR count). The second-order valence-electron chi connectivity index (χ2n) is 6.15. The van der Waals surface area contributed by atoms with Crippen LogP contribution in [0.1, 0.15) is 38.7 Å². The molecule has 0 aromatic carbocycles. The Morgan fingerprint density at radius 2 is 2.14 bits per heavy atom. The summed E-state index contributed by atoms with van der Waals surface area (Å²) < 4.78 is 0. The number of likely N-dealkylation sites (tertiary alicyclic amines) is 1. The molecule has 1 aliphatic heterocycles. The molecule has 22 heavy (non-hydrogen) atoms. The summed E-state index contributed by atoms with van der Waals surface area (Å²) in [7, 11) is 0. The molecular formula is C17H24N2O2S. The number of piperidine rings is 1. The van der Waals surface area contributed by atoms with Gasteiger partial charge in [-0.1, -0.05) is 13.8 Å². The van der Waals surface area contributed by atoms with Gasteiger partial charge in [-0.25, -0.2) is 0 Å². The van der Waals surface area contributed by atoms with Crippen LogP contribution in [0.25, 0.3) is 6.08 Å². The number of hydrogen-bond acceptors (Lipinski definition) is 3. The highest BCUT2D eigenvalue weighted by Crippen LogP contribution is 2.14. The van der Waals surface area contributed by atoms with Gasteiger partial charge >= 0.3 is 0 Å². The second-order valence-corrected chi connectivity index (χ2v) is 6.93. The third kappa shape index (κ3) is 5.30. The number of carbonyl (C=O) groups excluding carboxylic acids is 2. The molecule has 120 valence electrons. The van der Waals surface area contributed by atoms with E-state index < -0.39 is 0 Å². The third-order valence-corrected chi connectivity index (χ3v) is 4.45. The van der Waals surface area contributed by atoms with Crippen molar-refractivity contribution in [3.05, 3.63) is 28.5 Å². The van der Waals surface area contributed by atoms with E-state index in [-0.39, 0.29) is 17.9 Å². The lowest BCUT2D eigenvalue weighted by atomic mass is 10.0. The minimum absolute atomic E-state index is 0.0573. The first-order valence-electron chi connectivity index (χ1n) is 7.83. The summed E-state index contributed by atoms with van der Waals surface area (Å²) in [5.41, 5.74) is 1.05. The van der Waals surface area contributed by atoms with E-state index in [1.165, 1.54) is 0 Å². The first kappa shape index (κ1) is 16.7. The molecule has 0 spiro atoms. The van der Waals surface area contributed by atoms with Crippen LogP contribution in [0.15, 0.2) is 22.9 Å². The number of thiophene rings is 1. The van der Waals surface area contributed by atoms with Crippen molar-refractivity contribution in [1.82, 2.24) is 10.2 Å². The maximum atomic E-state index is 12.0. The van der Waals surface area contributed by atoms with Gasteiger partial charge in [0.1, 0.15) is 0 Å². The van der Waals surface area contributed by atoms with Crippen LogP contribution < -0.4 is 5.32 Å². The Bertz CT molecular complexity index is 515. The van der Waals surface area contributed by atoms with E-state index >= 15 is 0 Å². The largest absolute Gasteiger partial charge is 0.350 e. The molecular weight excluding hydrogens is 296 g/mol. The molecule has 0 saturated carbocycles. The number of carbonyl (C=O) groups is 2. The van der Waals surface area contributed by atoms with Crippen molar-refractivity contribution < 1.29 is 9.59 Å². The van der Waals surface area contributed by atoms with Gasteiger partial charge < -0.3 is 10.2 Å². The highest BCUT2D eigenvalue weighted by atomic mass is 32.1. The molecule has 5 heteroatoms. The highest BCUT2D eigenvalue weighted by molar-refractivity contribution is 7.08. The van der Waals surface area contributed by atoms with Gasteiger partial charge in [0, 0.05) is 31.6 Å². The van der Waals surface area contributed by atoms with Crippen molar-refractivity contribution in [3.63, 3.8) is 0 Å². The maximum absolute atomic E-state index is 12.0. The van der Waals surface area contributed by atoms with E-state index in [1.54, 1.807) is 17.4 Å². The average molecular weight is 320 g/mol. The van der Waals surface area contributed by atoms with Crippen molar-refractivity contribution in [2.45, 2.75) is 39.2 Å². The van der Waals surface area contributed by atoms with Crippen LogP contribution >= 0.6 is 11.3 Å². The lowest BCUT2D eigenvalue weighted by Gasteiger charge is -2.32. The van der Waals surface area contributed by atoms with Gasteiger partial charge in [0.2, 0.25) is 11.8 Å². The Hall–Kier alpha value is -1.62. The van der Waals surface area contributed by atoms with Gasteiger partial charge in [0.05, 0.1) is 0 Å². The monoisotopic (exact) mass is 320 g/mol. The Morgan fingerprint density at radius 1 is 1.41 bits per heavy atom. The summed E-state index contributed by atoms with van der Waals surface area (Å²) in [6, 6.07) is 2.15. The number of nitrogens with zero attached hydrogens (tertiary/aromatic N) is 1. The molecule has 0 atom stereocenters. The summed E-state index contributed by atoms with van der Waals surface area (Å²) in [6.45, 7) is 5.60. The van der Waals surface area contributed by atoms with Gasteiger partial charge in [0.15, 0.2) is 0 Å². The Balaban J connectivity index is 1.73. The number of hydrogen-bond donors (Lipinski definition) is 1. The minimum atomic E-state index is -0.0573. The topological polar surface area (TPSA) is 49.4 Å². The summed E-state index contributed by atoms with van der Waals surface area (Å²) in [6.07, 6.45) is 5.69. The summed E-state index contributed by atoms with van der Waals surface area (Å²) >= 11 is 1.61. The molecule has 4 nitrogen and oxygen atoms in total. The van der Waals surface area contributed by atoms with E-state index in [9.17, 15) is 9.59 Å². The maximum Gasteiger partial charge on any atom is 0.244 e. The number of amides is 2. The predicted octanol–water partition coefficient (Wildman–Crippen LogP) is 2.91. The zero-order valence-corrected chi connectivity index (χ0v) is 14.1. The molecule has 0 radical (unpaired) electrons. The predicted molar refractivity (Wildman–Crippen MR) is 90.6 cm³/mol. The first-order valence-corrected chi connectivity index (χ1v) is 8.77. The van der Waals surface area contributed by atoms with Gasteiger partial charge in [0.25, 0.3) is 0 Å². The van der Waals surface area contributed by atoms with Crippen molar-refractivity contribution in [2.24, 2.45) is 5.92 Å². The van der Waals surface area contributed by atoms with Crippen LogP contribution in [0.4, 0.5) is 0 Å². The van der Waals surface area contributed by atoms with E-state index in [0.717, 1.165) is 31.5 Å².